The van der Waals surface area contributed by atoms with Gasteiger partial charge in [-0.3, -0.25) is 14.9 Å². The molecule has 1 aliphatic rings. The van der Waals surface area contributed by atoms with Gasteiger partial charge in [-0.2, -0.15) is 0 Å². The highest BCUT2D eigenvalue weighted by atomic mass is 32.1. The second-order valence-electron chi connectivity index (χ2n) is 7.47. The molecule has 0 radical (unpaired) electrons. The van der Waals surface area contributed by atoms with Crippen LogP contribution in [0.25, 0.3) is 11.3 Å². The van der Waals surface area contributed by atoms with Gasteiger partial charge in [0.15, 0.2) is 10.9 Å². The van der Waals surface area contributed by atoms with Crippen molar-refractivity contribution in [3.63, 3.8) is 0 Å². The predicted molar refractivity (Wildman–Crippen MR) is 124 cm³/mol. The van der Waals surface area contributed by atoms with Gasteiger partial charge < -0.3 is 10.2 Å². The van der Waals surface area contributed by atoms with Gasteiger partial charge in [-0.1, -0.05) is 41.7 Å². The van der Waals surface area contributed by atoms with Gasteiger partial charge in [-0.25, -0.2) is 4.98 Å². The van der Waals surface area contributed by atoms with E-state index in [-0.39, 0.29) is 11.6 Å². The lowest BCUT2D eigenvalue weighted by Crippen LogP contribution is -2.35. The zero-order chi connectivity index (χ0) is 22.8. The number of aromatic nitrogens is 3. The molecule has 0 bridgehead atoms. The van der Waals surface area contributed by atoms with E-state index >= 15 is 0 Å². The van der Waals surface area contributed by atoms with E-state index in [2.05, 4.69) is 20.5 Å². The lowest BCUT2D eigenvalue weighted by atomic mass is 10.1. The van der Waals surface area contributed by atoms with Crippen LogP contribution in [0.4, 0.5) is 16.6 Å². The van der Waals surface area contributed by atoms with Gasteiger partial charge >= 0.3 is 0 Å². The van der Waals surface area contributed by atoms with Crippen LogP contribution in [0, 0.1) is 10.1 Å². The summed E-state index contributed by atoms with van der Waals surface area (Å²) < 4.78 is 0. The summed E-state index contributed by atoms with van der Waals surface area (Å²) in [5.74, 6) is 0.541. The van der Waals surface area contributed by atoms with E-state index in [9.17, 15) is 14.9 Å². The van der Waals surface area contributed by atoms with Crippen LogP contribution in [-0.4, -0.2) is 37.5 Å². The van der Waals surface area contributed by atoms with Crippen LogP contribution in [0.1, 0.15) is 20.9 Å². The molecule has 4 aromatic rings. The molecule has 1 N–H and O–H groups in total. The van der Waals surface area contributed by atoms with Crippen molar-refractivity contribution in [2.75, 3.05) is 11.9 Å². The van der Waals surface area contributed by atoms with Gasteiger partial charge in [-0.05, 0) is 24.3 Å². The zero-order valence-corrected chi connectivity index (χ0v) is 18.2. The topological polar surface area (TPSA) is 114 Å². The van der Waals surface area contributed by atoms with Crippen molar-refractivity contribution in [1.29, 1.82) is 0 Å². The number of nitro benzene ring substituents is 1. The molecule has 33 heavy (non-hydrogen) atoms. The number of carbonyl (C=O) groups excluding carboxylic acids is 1. The zero-order valence-electron chi connectivity index (χ0n) is 17.3. The Hall–Kier alpha value is -4.18. The van der Waals surface area contributed by atoms with Crippen molar-refractivity contribution in [3.05, 3.63) is 93.0 Å². The molecule has 9 nitrogen and oxygen atoms in total. The number of hydrogen-bond donors (Lipinski definition) is 1. The number of non-ortho nitro benzene ring substituents is 1. The van der Waals surface area contributed by atoms with E-state index < -0.39 is 4.92 Å². The number of thiazole rings is 1. The second kappa shape index (κ2) is 8.75. The van der Waals surface area contributed by atoms with Gasteiger partial charge in [0.2, 0.25) is 0 Å². The number of nitro groups is 1. The van der Waals surface area contributed by atoms with Crippen molar-refractivity contribution < 1.29 is 9.72 Å². The molecule has 0 saturated carbocycles. The highest BCUT2D eigenvalue weighted by molar-refractivity contribution is 7.15. The number of hydrogen-bond acceptors (Lipinski definition) is 8. The van der Waals surface area contributed by atoms with Crippen molar-refractivity contribution in [2.45, 2.75) is 13.0 Å². The van der Waals surface area contributed by atoms with Crippen molar-refractivity contribution in [3.8, 4) is 11.3 Å². The number of nitrogens with zero attached hydrogens (tertiary/aromatic N) is 5. The lowest BCUT2D eigenvalue weighted by molar-refractivity contribution is -0.384. The number of anilines is 2. The van der Waals surface area contributed by atoms with E-state index in [0.717, 1.165) is 10.6 Å². The summed E-state index contributed by atoms with van der Waals surface area (Å²) in [6, 6.07) is 19.1. The number of amides is 1. The average molecular weight is 459 g/mol. The third kappa shape index (κ3) is 4.41. The highest BCUT2D eigenvalue weighted by Crippen LogP contribution is 2.31. The summed E-state index contributed by atoms with van der Waals surface area (Å²) in [4.78, 5) is 30.8. The third-order valence-corrected chi connectivity index (χ3v) is 6.29. The third-order valence-electron chi connectivity index (χ3n) is 5.29. The summed E-state index contributed by atoms with van der Waals surface area (Å²) in [5.41, 5.74) is 2.84. The maximum absolute atomic E-state index is 12.8. The Morgan fingerprint density at radius 2 is 1.91 bits per heavy atom. The van der Waals surface area contributed by atoms with Crippen molar-refractivity contribution >= 4 is 33.9 Å². The van der Waals surface area contributed by atoms with Gasteiger partial charge in [0.1, 0.15) is 0 Å². The molecule has 0 spiro atoms. The van der Waals surface area contributed by atoms with Crippen molar-refractivity contribution in [2.24, 2.45) is 0 Å². The Kier molecular flexibility index (Phi) is 5.49. The minimum absolute atomic E-state index is 0.00431. The summed E-state index contributed by atoms with van der Waals surface area (Å²) in [6.07, 6.45) is 0.698. The van der Waals surface area contributed by atoms with Crippen molar-refractivity contribution in [1.82, 2.24) is 20.1 Å². The molecule has 1 amide bonds. The first-order valence-electron chi connectivity index (χ1n) is 10.3. The molecule has 0 aliphatic carbocycles. The van der Waals surface area contributed by atoms with Crippen LogP contribution in [-0.2, 0) is 13.0 Å². The molecular formula is C23H18N6O3S. The molecule has 3 heterocycles. The summed E-state index contributed by atoms with van der Waals surface area (Å²) >= 11 is 1.49. The van der Waals surface area contributed by atoms with E-state index in [1.54, 1.807) is 24.3 Å². The SMILES string of the molecule is O=C(c1ccccc1)N1CCc2nc(Nc3ccc(-c4cccc([N+](=O)[O-])c4)nn3)sc2C1. The first-order chi connectivity index (χ1) is 16.1. The first-order valence-corrected chi connectivity index (χ1v) is 11.1. The summed E-state index contributed by atoms with van der Waals surface area (Å²) in [6.45, 7) is 1.15. The maximum Gasteiger partial charge on any atom is 0.270 e. The maximum atomic E-state index is 12.8. The first kappa shape index (κ1) is 20.7. The van der Waals surface area contributed by atoms with Crippen LogP contribution in [0.15, 0.2) is 66.7 Å². The smallest absolute Gasteiger partial charge is 0.270 e. The van der Waals surface area contributed by atoms with Crippen LogP contribution >= 0.6 is 11.3 Å². The molecule has 5 rings (SSSR count). The van der Waals surface area contributed by atoms with E-state index in [1.807, 2.05) is 35.2 Å². The minimum atomic E-state index is -0.439. The largest absolute Gasteiger partial charge is 0.333 e. The standard InChI is InChI=1S/C23H18N6O3S/c30-22(15-5-2-1-3-6-15)28-12-11-19-20(14-28)33-23(24-19)25-21-10-9-18(26-27-21)16-7-4-8-17(13-16)29(31)32/h1-10,13H,11-12,14H2,(H,24,25,27). The monoisotopic (exact) mass is 458 g/mol. The number of rotatable bonds is 5. The molecule has 0 atom stereocenters. The molecule has 2 aromatic heterocycles. The quantitative estimate of drug-likeness (QED) is 0.347. The van der Waals surface area contributed by atoms with E-state index in [4.69, 9.17) is 0 Å². The molecule has 164 valence electrons. The molecule has 2 aromatic carbocycles. The second-order valence-corrected chi connectivity index (χ2v) is 8.55. The van der Waals surface area contributed by atoms with Crippen LogP contribution < -0.4 is 5.32 Å². The Balaban J connectivity index is 1.28. The molecule has 1 aliphatic heterocycles. The van der Waals surface area contributed by atoms with Crippen LogP contribution in [0.3, 0.4) is 0 Å². The molecular weight excluding hydrogens is 440 g/mol. The van der Waals surface area contributed by atoms with Crippen LogP contribution in [0.5, 0.6) is 0 Å². The van der Waals surface area contributed by atoms with Gasteiger partial charge in [-0.15, -0.1) is 10.2 Å². The van der Waals surface area contributed by atoms with Gasteiger partial charge in [0.05, 0.1) is 22.9 Å². The Labute approximate surface area is 192 Å². The Morgan fingerprint density at radius 1 is 1.06 bits per heavy atom. The summed E-state index contributed by atoms with van der Waals surface area (Å²) in [7, 11) is 0. The average Bonchev–Trinajstić information content (AvgIpc) is 3.26. The van der Waals surface area contributed by atoms with Crippen LogP contribution in [0.2, 0.25) is 0 Å². The number of fused-ring (bicyclic) bond motifs is 1. The van der Waals surface area contributed by atoms with Gasteiger partial charge in [0.25, 0.3) is 11.6 Å². The Bertz CT molecular complexity index is 1320. The molecule has 0 saturated heterocycles. The highest BCUT2D eigenvalue weighted by Gasteiger charge is 2.25. The fourth-order valence-corrected chi connectivity index (χ4v) is 4.66. The number of benzene rings is 2. The summed E-state index contributed by atoms with van der Waals surface area (Å²) in [5, 5.41) is 23.2. The van der Waals surface area contributed by atoms with Gasteiger partial charge in [0, 0.05) is 41.1 Å². The van der Waals surface area contributed by atoms with E-state index in [1.165, 1.54) is 23.5 Å². The predicted octanol–water partition coefficient (Wildman–Crippen LogP) is 4.45. The Morgan fingerprint density at radius 3 is 2.67 bits per heavy atom. The minimum Gasteiger partial charge on any atom is -0.333 e. The number of nitrogens with one attached hydrogen (secondary N) is 1. The molecule has 0 fully saturated rings. The number of carbonyl (C=O) groups is 1. The fraction of sp³-hybridized carbons (Fsp3) is 0.130. The lowest BCUT2D eigenvalue weighted by Gasteiger charge is -2.26. The molecule has 10 heteroatoms. The fourth-order valence-electron chi connectivity index (χ4n) is 3.63. The normalized spacial score (nSPS) is 12.8. The molecule has 0 unspecified atom stereocenters. The van der Waals surface area contributed by atoms with E-state index in [0.29, 0.717) is 47.3 Å².